The van der Waals surface area contributed by atoms with Gasteiger partial charge in [-0.3, -0.25) is 9.59 Å². The van der Waals surface area contributed by atoms with E-state index in [0.29, 0.717) is 6.42 Å². The molecule has 16 heavy (non-hydrogen) atoms. The molecule has 2 N–H and O–H groups in total. The lowest BCUT2D eigenvalue weighted by molar-refractivity contribution is -0.171. The van der Waals surface area contributed by atoms with Crippen molar-refractivity contribution in [2.24, 2.45) is 11.3 Å². The van der Waals surface area contributed by atoms with Crippen molar-refractivity contribution in [3.8, 4) is 0 Å². The fourth-order valence-electron chi connectivity index (χ4n) is 2.85. The van der Waals surface area contributed by atoms with Gasteiger partial charge in [-0.1, -0.05) is 32.6 Å². The molecule has 1 aliphatic carbocycles. The van der Waals surface area contributed by atoms with Crippen molar-refractivity contribution in [3.63, 3.8) is 0 Å². The van der Waals surface area contributed by atoms with Crippen LogP contribution in [-0.4, -0.2) is 22.2 Å². The first kappa shape index (κ1) is 13.0. The molecule has 0 atom stereocenters. The molecule has 0 aliphatic heterocycles. The highest BCUT2D eigenvalue weighted by Gasteiger charge is 2.51. The normalized spacial score (nSPS) is 18.3. The number of hydrogen-bond acceptors (Lipinski definition) is 2. The van der Waals surface area contributed by atoms with E-state index < -0.39 is 17.4 Å². The molecule has 0 radical (unpaired) electrons. The SMILES string of the molecule is CCCC(C(=O)O)(C(=O)O)C1CCCCC1. The molecule has 92 valence electrons. The first-order valence-corrected chi connectivity index (χ1v) is 6.02. The van der Waals surface area contributed by atoms with Gasteiger partial charge in [0.25, 0.3) is 0 Å². The van der Waals surface area contributed by atoms with Gasteiger partial charge < -0.3 is 10.2 Å². The highest BCUT2D eigenvalue weighted by atomic mass is 16.4. The topological polar surface area (TPSA) is 74.6 Å². The van der Waals surface area contributed by atoms with Gasteiger partial charge in [0.15, 0.2) is 5.41 Å². The van der Waals surface area contributed by atoms with Crippen molar-refractivity contribution in [2.75, 3.05) is 0 Å². The third kappa shape index (κ3) is 2.20. The smallest absolute Gasteiger partial charge is 0.321 e. The number of carboxylic acid groups (broad SMARTS) is 2. The highest BCUT2D eigenvalue weighted by Crippen LogP contribution is 2.42. The number of aliphatic carboxylic acids is 2. The van der Waals surface area contributed by atoms with Crippen molar-refractivity contribution >= 4 is 11.9 Å². The predicted octanol–water partition coefficient (Wildman–Crippen LogP) is 2.52. The first-order chi connectivity index (χ1) is 7.55. The third-order valence-corrected chi connectivity index (χ3v) is 3.71. The fourth-order valence-corrected chi connectivity index (χ4v) is 2.85. The van der Waals surface area contributed by atoms with Gasteiger partial charge in [0.05, 0.1) is 0 Å². The Labute approximate surface area is 95.7 Å². The Hall–Kier alpha value is -1.06. The molecular formula is C12H20O4. The zero-order valence-corrected chi connectivity index (χ0v) is 9.74. The van der Waals surface area contributed by atoms with Gasteiger partial charge in [0.2, 0.25) is 0 Å². The van der Waals surface area contributed by atoms with Crippen LogP contribution in [0.15, 0.2) is 0 Å². The monoisotopic (exact) mass is 228 g/mol. The van der Waals surface area contributed by atoms with Crippen molar-refractivity contribution in [1.82, 2.24) is 0 Å². The standard InChI is InChI=1S/C12H20O4/c1-2-8-12(10(13)14,11(15)16)9-6-4-3-5-7-9/h9H,2-8H2,1H3,(H,13,14)(H,15,16). The number of carbonyl (C=O) groups is 2. The van der Waals surface area contributed by atoms with Gasteiger partial charge in [-0.15, -0.1) is 0 Å². The fraction of sp³-hybridized carbons (Fsp3) is 0.833. The van der Waals surface area contributed by atoms with Crippen LogP contribution in [0.3, 0.4) is 0 Å². The molecule has 0 bridgehead atoms. The van der Waals surface area contributed by atoms with Crippen LogP contribution in [-0.2, 0) is 9.59 Å². The van der Waals surface area contributed by atoms with E-state index in [-0.39, 0.29) is 12.3 Å². The summed E-state index contributed by atoms with van der Waals surface area (Å²) in [7, 11) is 0. The number of carboxylic acids is 2. The summed E-state index contributed by atoms with van der Waals surface area (Å²) in [6.45, 7) is 1.84. The Bertz CT molecular complexity index is 252. The minimum absolute atomic E-state index is 0.198. The minimum Gasteiger partial charge on any atom is -0.480 e. The average molecular weight is 228 g/mol. The van der Waals surface area contributed by atoms with Crippen LogP contribution in [0.25, 0.3) is 0 Å². The van der Waals surface area contributed by atoms with Crippen LogP contribution < -0.4 is 0 Å². The Morgan fingerprint density at radius 2 is 1.62 bits per heavy atom. The zero-order valence-electron chi connectivity index (χ0n) is 9.74. The molecule has 4 nitrogen and oxygen atoms in total. The van der Waals surface area contributed by atoms with E-state index in [1.807, 2.05) is 6.92 Å². The van der Waals surface area contributed by atoms with Gasteiger partial charge in [-0.25, -0.2) is 0 Å². The molecule has 1 saturated carbocycles. The van der Waals surface area contributed by atoms with Gasteiger partial charge in [0, 0.05) is 0 Å². The molecule has 1 rings (SSSR count). The maximum absolute atomic E-state index is 11.4. The van der Waals surface area contributed by atoms with Crippen molar-refractivity contribution < 1.29 is 19.8 Å². The van der Waals surface area contributed by atoms with Crippen LogP contribution >= 0.6 is 0 Å². The molecule has 0 heterocycles. The molecule has 0 aromatic carbocycles. The van der Waals surface area contributed by atoms with E-state index in [2.05, 4.69) is 0 Å². The summed E-state index contributed by atoms with van der Waals surface area (Å²) in [6, 6.07) is 0. The van der Waals surface area contributed by atoms with Crippen LogP contribution in [0.4, 0.5) is 0 Å². The van der Waals surface area contributed by atoms with Crippen molar-refractivity contribution in [3.05, 3.63) is 0 Å². The second-order valence-corrected chi connectivity index (χ2v) is 4.67. The Morgan fingerprint density at radius 1 is 1.12 bits per heavy atom. The van der Waals surface area contributed by atoms with E-state index in [1.54, 1.807) is 0 Å². The molecule has 0 saturated heterocycles. The van der Waals surface area contributed by atoms with Crippen molar-refractivity contribution in [1.29, 1.82) is 0 Å². The summed E-state index contributed by atoms with van der Waals surface area (Å²) in [5.41, 5.74) is -1.55. The van der Waals surface area contributed by atoms with E-state index in [1.165, 1.54) is 0 Å². The zero-order chi connectivity index (χ0) is 12.2. The quantitative estimate of drug-likeness (QED) is 0.709. The summed E-state index contributed by atoms with van der Waals surface area (Å²) in [5.74, 6) is -2.52. The van der Waals surface area contributed by atoms with Crippen LogP contribution in [0.5, 0.6) is 0 Å². The van der Waals surface area contributed by atoms with Gasteiger partial charge in [-0.2, -0.15) is 0 Å². The molecule has 0 aromatic rings. The Morgan fingerprint density at radius 3 is 2.00 bits per heavy atom. The number of rotatable bonds is 5. The lowest BCUT2D eigenvalue weighted by Gasteiger charge is -2.35. The van der Waals surface area contributed by atoms with Crippen molar-refractivity contribution in [2.45, 2.75) is 51.9 Å². The van der Waals surface area contributed by atoms with E-state index in [0.717, 1.165) is 32.1 Å². The maximum Gasteiger partial charge on any atom is 0.321 e. The largest absolute Gasteiger partial charge is 0.480 e. The molecule has 1 fully saturated rings. The second kappa shape index (κ2) is 5.32. The predicted molar refractivity (Wildman–Crippen MR) is 59.2 cm³/mol. The Kier molecular flexibility index (Phi) is 4.33. The lowest BCUT2D eigenvalue weighted by Crippen LogP contribution is -2.46. The van der Waals surface area contributed by atoms with Gasteiger partial charge >= 0.3 is 11.9 Å². The molecular weight excluding hydrogens is 208 g/mol. The highest BCUT2D eigenvalue weighted by molar-refractivity contribution is 5.98. The molecule has 1 aliphatic rings. The molecule has 0 amide bonds. The van der Waals surface area contributed by atoms with E-state index in [4.69, 9.17) is 0 Å². The van der Waals surface area contributed by atoms with Gasteiger partial charge in [-0.05, 0) is 25.2 Å². The van der Waals surface area contributed by atoms with Crippen LogP contribution in [0.1, 0.15) is 51.9 Å². The van der Waals surface area contributed by atoms with E-state index >= 15 is 0 Å². The van der Waals surface area contributed by atoms with E-state index in [9.17, 15) is 19.8 Å². The third-order valence-electron chi connectivity index (χ3n) is 3.71. The summed E-state index contributed by atoms with van der Waals surface area (Å²) in [6.07, 6.45) is 5.31. The number of hydrogen-bond donors (Lipinski definition) is 2. The minimum atomic E-state index is -1.55. The molecule has 0 unspecified atom stereocenters. The molecule has 0 aromatic heterocycles. The average Bonchev–Trinajstić information content (AvgIpc) is 2.26. The maximum atomic E-state index is 11.4. The summed E-state index contributed by atoms with van der Waals surface area (Å²) in [4.78, 5) is 22.7. The summed E-state index contributed by atoms with van der Waals surface area (Å²) >= 11 is 0. The summed E-state index contributed by atoms with van der Waals surface area (Å²) in [5, 5.41) is 18.6. The second-order valence-electron chi connectivity index (χ2n) is 4.67. The van der Waals surface area contributed by atoms with Crippen LogP contribution in [0.2, 0.25) is 0 Å². The lowest BCUT2D eigenvalue weighted by atomic mass is 9.66. The van der Waals surface area contributed by atoms with Crippen LogP contribution in [0, 0.1) is 11.3 Å². The Balaban J connectivity index is 2.98. The molecule has 0 spiro atoms. The van der Waals surface area contributed by atoms with Gasteiger partial charge in [0.1, 0.15) is 0 Å². The molecule has 4 heteroatoms. The first-order valence-electron chi connectivity index (χ1n) is 6.02. The summed E-state index contributed by atoms with van der Waals surface area (Å²) < 4.78 is 0.